The maximum absolute atomic E-state index is 9.90. The van der Waals surface area contributed by atoms with Gasteiger partial charge in [0.05, 0.1) is 0 Å². The Morgan fingerprint density at radius 3 is 2.83 bits per heavy atom. The van der Waals surface area contributed by atoms with Crippen molar-refractivity contribution in [2.45, 2.75) is 32.2 Å². The first-order chi connectivity index (χ1) is 8.69. The third kappa shape index (κ3) is 4.96. The second-order valence-electron chi connectivity index (χ2n) is 4.32. The summed E-state index contributed by atoms with van der Waals surface area (Å²) >= 11 is 3.44. The first-order valence-electron chi connectivity index (χ1n) is 6.39. The van der Waals surface area contributed by atoms with Crippen molar-refractivity contribution in [3.8, 4) is 5.75 Å². The van der Waals surface area contributed by atoms with Crippen LogP contribution in [0.2, 0.25) is 0 Å². The minimum Gasteiger partial charge on any atom is -0.508 e. The van der Waals surface area contributed by atoms with E-state index in [2.05, 4.69) is 28.2 Å². The highest BCUT2D eigenvalue weighted by molar-refractivity contribution is 9.10. The zero-order chi connectivity index (χ0) is 13.4. The van der Waals surface area contributed by atoms with E-state index in [-0.39, 0.29) is 6.04 Å². The lowest BCUT2D eigenvalue weighted by Crippen LogP contribution is -2.22. The minimum atomic E-state index is 0.199. The molecular weight excluding hydrogens is 294 g/mol. The van der Waals surface area contributed by atoms with Crippen molar-refractivity contribution in [2.75, 3.05) is 20.3 Å². The van der Waals surface area contributed by atoms with Crippen LogP contribution < -0.4 is 5.32 Å². The summed E-state index contributed by atoms with van der Waals surface area (Å²) in [5.41, 5.74) is 0.957. The van der Waals surface area contributed by atoms with Crippen LogP contribution in [-0.4, -0.2) is 25.4 Å². The van der Waals surface area contributed by atoms with Crippen LogP contribution in [0.4, 0.5) is 0 Å². The van der Waals surface area contributed by atoms with Gasteiger partial charge in [-0.25, -0.2) is 0 Å². The van der Waals surface area contributed by atoms with E-state index in [9.17, 15) is 5.11 Å². The molecule has 0 radical (unpaired) electrons. The average molecular weight is 316 g/mol. The van der Waals surface area contributed by atoms with Gasteiger partial charge < -0.3 is 15.2 Å². The van der Waals surface area contributed by atoms with Gasteiger partial charge in [-0.2, -0.15) is 0 Å². The molecule has 0 amide bonds. The van der Waals surface area contributed by atoms with Crippen molar-refractivity contribution in [3.63, 3.8) is 0 Å². The molecule has 0 aromatic heterocycles. The molecule has 1 rings (SSSR count). The van der Waals surface area contributed by atoms with E-state index in [1.165, 1.54) is 0 Å². The molecule has 102 valence electrons. The largest absolute Gasteiger partial charge is 0.508 e. The van der Waals surface area contributed by atoms with Crippen LogP contribution in [-0.2, 0) is 4.74 Å². The number of phenolic OH excluding ortho intramolecular Hbond substituents is 1. The van der Waals surface area contributed by atoms with E-state index in [0.717, 1.165) is 42.5 Å². The number of ether oxygens (including phenoxy) is 1. The summed E-state index contributed by atoms with van der Waals surface area (Å²) in [4.78, 5) is 0. The molecule has 3 nitrogen and oxygen atoms in total. The van der Waals surface area contributed by atoms with Gasteiger partial charge in [-0.3, -0.25) is 0 Å². The van der Waals surface area contributed by atoms with Gasteiger partial charge >= 0.3 is 0 Å². The Balaban J connectivity index is 2.52. The maximum atomic E-state index is 9.90. The van der Waals surface area contributed by atoms with Gasteiger partial charge in [-0.1, -0.05) is 22.9 Å². The number of benzene rings is 1. The van der Waals surface area contributed by atoms with E-state index in [0.29, 0.717) is 5.75 Å². The lowest BCUT2D eigenvalue weighted by molar-refractivity contribution is 0.192. The Kier molecular flexibility index (Phi) is 7.32. The summed E-state index contributed by atoms with van der Waals surface area (Å²) in [6.07, 6.45) is 3.10. The van der Waals surface area contributed by atoms with Crippen molar-refractivity contribution in [1.29, 1.82) is 0 Å². The molecule has 1 aromatic carbocycles. The molecule has 0 bridgehead atoms. The maximum Gasteiger partial charge on any atom is 0.120 e. The standard InChI is InChI=1S/C14H22BrNO2/c1-3-13(16-8-4-5-9-18-2)12-10-11(15)6-7-14(12)17/h6-7,10,13,16-17H,3-5,8-9H2,1-2H3. The van der Waals surface area contributed by atoms with Crippen LogP contribution in [0.3, 0.4) is 0 Å². The predicted octanol–water partition coefficient (Wildman–Crippen LogP) is 3.62. The molecule has 0 aliphatic heterocycles. The number of rotatable bonds is 8. The molecule has 1 unspecified atom stereocenters. The molecule has 0 aliphatic rings. The topological polar surface area (TPSA) is 41.5 Å². The molecule has 2 N–H and O–H groups in total. The van der Waals surface area contributed by atoms with Crippen LogP contribution >= 0.6 is 15.9 Å². The number of hydrogen-bond donors (Lipinski definition) is 2. The van der Waals surface area contributed by atoms with E-state index < -0.39 is 0 Å². The van der Waals surface area contributed by atoms with Gasteiger partial charge in [0, 0.05) is 29.8 Å². The Labute approximate surface area is 118 Å². The van der Waals surface area contributed by atoms with Gasteiger partial charge in [0.1, 0.15) is 5.75 Å². The number of unbranched alkanes of at least 4 members (excludes halogenated alkanes) is 1. The fourth-order valence-electron chi connectivity index (χ4n) is 1.93. The number of hydrogen-bond acceptors (Lipinski definition) is 3. The molecule has 0 saturated carbocycles. The molecule has 18 heavy (non-hydrogen) atoms. The number of nitrogens with one attached hydrogen (secondary N) is 1. The highest BCUT2D eigenvalue weighted by atomic mass is 79.9. The fraction of sp³-hybridized carbons (Fsp3) is 0.571. The molecule has 1 atom stereocenters. The van der Waals surface area contributed by atoms with Crippen LogP contribution in [0.5, 0.6) is 5.75 Å². The Morgan fingerprint density at radius 2 is 2.17 bits per heavy atom. The van der Waals surface area contributed by atoms with Crippen LogP contribution in [0.25, 0.3) is 0 Å². The smallest absolute Gasteiger partial charge is 0.120 e. The average Bonchev–Trinajstić information content (AvgIpc) is 2.37. The van der Waals surface area contributed by atoms with Crippen molar-refractivity contribution >= 4 is 15.9 Å². The molecule has 0 saturated heterocycles. The van der Waals surface area contributed by atoms with Crippen LogP contribution in [0.15, 0.2) is 22.7 Å². The summed E-state index contributed by atoms with van der Waals surface area (Å²) in [5.74, 6) is 0.356. The van der Waals surface area contributed by atoms with Crippen molar-refractivity contribution in [2.24, 2.45) is 0 Å². The Hall–Kier alpha value is -0.580. The zero-order valence-corrected chi connectivity index (χ0v) is 12.7. The molecule has 4 heteroatoms. The van der Waals surface area contributed by atoms with E-state index in [1.54, 1.807) is 13.2 Å². The first-order valence-corrected chi connectivity index (χ1v) is 7.19. The van der Waals surface area contributed by atoms with Gasteiger partial charge in [0.15, 0.2) is 0 Å². The van der Waals surface area contributed by atoms with Gasteiger partial charge in [-0.15, -0.1) is 0 Å². The van der Waals surface area contributed by atoms with E-state index >= 15 is 0 Å². The summed E-state index contributed by atoms with van der Waals surface area (Å²) in [5, 5.41) is 13.4. The number of phenols is 1. The molecule has 0 heterocycles. The Morgan fingerprint density at radius 1 is 1.39 bits per heavy atom. The zero-order valence-electron chi connectivity index (χ0n) is 11.1. The number of methoxy groups -OCH3 is 1. The molecule has 0 aliphatic carbocycles. The third-order valence-electron chi connectivity index (χ3n) is 2.94. The Bertz CT molecular complexity index is 358. The summed E-state index contributed by atoms with van der Waals surface area (Å²) in [6, 6.07) is 5.76. The monoisotopic (exact) mass is 315 g/mol. The SMILES string of the molecule is CCC(NCCCCOC)c1cc(Br)ccc1O. The number of aromatic hydroxyl groups is 1. The van der Waals surface area contributed by atoms with Gasteiger partial charge in [-0.05, 0) is 44.0 Å². The molecular formula is C14H22BrNO2. The predicted molar refractivity (Wildman–Crippen MR) is 78.0 cm³/mol. The van der Waals surface area contributed by atoms with Gasteiger partial charge in [0.25, 0.3) is 0 Å². The quantitative estimate of drug-likeness (QED) is 0.720. The molecule has 0 spiro atoms. The second kappa shape index (κ2) is 8.51. The van der Waals surface area contributed by atoms with Crippen LogP contribution in [0, 0.1) is 0 Å². The fourth-order valence-corrected chi connectivity index (χ4v) is 2.31. The van der Waals surface area contributed by atoms with Crippen LogP contribution in [0.1, 0.15) is 37.8 Å². The second-order valence-corrected chi connectivity index (χ2v) is 5.23. The van der Waals surface area contributed by atoms with Gasteiger partial charge in [0.2, 0.25) is 0 Å². The summed E-state index contributed by atoms with van der Waals surface area (Å²) < 4.78 is 6.02. The highest BCUT2D eigenvalue weighted by Gasteiger charge is 2.13. The minimum absolute atomic E-state index is 0.199. The van der Waals surface area contributed by atoms with E-state index in [1.807, 2.05) is 12.1 Å². The summed E-state index contributed by atoms with van der Waals surface area (Å²) in [6.45, 7) is 3.86. The summed E-state index contributed by atoms with van der Waals surface area (Å²) in [7, 11) is 1.72. The lowest BCUT2D eigenvalue weighted by Gasteiger charge is -2.19. The highest BCUT2D eigenvalue weighted by Crippen LogP contribution is 2.29. The van der Waals surface area contributed by atoms with Crippen molar-refractivity contribution < 1.29 is 9.84 Å². The van der Waals surface area contributed by atoms with E-state index in [4.69, 9.17) is 4.74 Å². The lowest BCUT2D eigenvalue weighted by atomic mass is 10.0. The molecule has 0 fully saturated rings. The van der Waals surface area contributed by atoms with Crippen molar-refractivity contribution in [3.05, 3.63) is 28.2 Å². The third-order valence-corrected chi connectivity index (χ3v) is 3.43. The normalized spacial score (nSPS) is 12.6. The van der Waals surface area contributed by atoms with Crippen molar-refractivity contribution in [1.82, 2.24) is 5.32 Å². The molecule has 1 aromatic rings. The first kappa shape index (κ1) is 15.5. The number of halogens is 1.